The van der Waals surface area contributed by atoms with Crippen LogP contribution in [0.4, 0.5) is 0 Å². The Balaban J connectivity index is 1.95. The van der Waals surface area contributed by atoms with E-state index in [1.807, 2.05) is 0 Å². The summed E-state index contributed by atoms with van der Waals surface area (Å²) in [6, 6.07) is 6.47. The lowest BCUT2D eigenvalue weighted by Crippen LogP contribution is -2.42. The molecule has 1 aromatic rings. The molecule has 1 spiro atoms. The van der Waals surface area contributed by atoms with Gasteiger partial charge >= 0.3 is 0 Å². The van der Waals surface area contributed by atoms with Gasteiger partial charge in [0.25, 0.3) is 0 Å². The molecule has 1 atom stereocenters. The van der Waals surface area contributed by atoms with Crippen molar-refractivity contribution in [2.45, 2.75) is 25.3 Å². The Morgan fingerprint density at radius 2 is 2.06 bits per heavy atom. The van der Waals surface area contributed by atoms with Gasteiger partial charge in [-0.1, -0.05) is 12.1 Å². The number of ether oxygens (including phenoxy) is 1. The van der Waals surface area contributed by atoms with Crippen molar-refractivity contribution in [2.24, 2.45) is 11.1 Å². The van der Waals surface area contributed by atoms with Crippen molar-refractivity contribution in [1.82, 2.24) is 4.90 Å². The van der Waals surface area contributed by atoms with Gasteiger partial charge in [0, 0.05) is 6.04 Å². The summed E-state index contributed by atoms with van der Waals surface area (Å²) in [5.74, 6) is 1.01. The van der Waals surface area contributed by atoms with Gasteiger partial charge in [-0.2, -0.15) is 0 Å². The SMILES string of the molecule is COc1cccc2c1CC1(CCN(C)CC1)C2N. The van der Waals surface area contributed by atoms with Crippen LogP contribution < -0.4 is 10.5 Å². The Labute approximate surface area is 109 Å². The molecular formula is C15H22N2O. The number of nitrogens with zero attached hydrogens (tertiary/aromatic N) is 1. The molecule has 2 N–H and O–H groups in total. The van der Waals surface area contributed by atoms with E-state index in [0.29, 0.717) is 0 Å². The van der Waals surface area contributed by atoms with Gasteiger partial charge in [-0.15, -0.1) is 0 Å². The highest BCUT2D eigenvalue weighted by molar-refractivity contribution is 5.47. The van der Waals surface area contributed by atoms with E-state index in [-0.39, 0.29) is 11.5 Å². The van der Waals surface area contributed by atoms with E-state index in [1.165, 1.54) is 24.0 Å². The minimum absolute atomic E-state index is 0.177. The zero-order chi connectivity index (χ0) is 12.8. The molecule has 2 aliphatic rings. The topological polar surface area (TPSA) is 38.5 Å². The number of hydrogen-bond acceptors (Lipinski definition) is 3. The molecule has 3 heteroatoms. The summed E-state index contributed by atoms with van der Waals surface area (Å²) in [7, 11) is 3.95. The van der Waals surface area contributed by atoms with E-state index >= 15 is 0 Å². The zero-order valence-electron chi connectivity index (χ0n) is 11.3. The summed E-state index contributed by atoms with van der Waals surface area (Å²) in [6.45, 7) is 2.31. The Morgan fingerprint density at radius 1 is 1.33 bits per heavy atom. The lowest BCUT2D eigenvalue weighted by atomic mass is 9.73. The van der Waals surface area contributed by atoms with Crippen molar-refractivity contribution < 1.29 is 4.74 Å². The van der Waals surface area contributed by atoms with Crippen molar-refractivity contribution in [2.75, 3.05) is 27.2 Å². The summed E-state index contributed by atoms with van der Waals surface area (Å²) < 4.78 is 5.49. The molecule has 18 heavy (non-hydrogen) atoms. The van der Waals surface area contributed by atoms with Gasteiger partial charge in [0.15, 0.2) is 0 Å². The van der Waals surface area contributed by atoms with Crippen molar-refractivity contribution in [3.8, 4) is 5.75 Å². The van der Waals surface area contributed by atoms with Crippen LogP contribution in [0.2, 0.25) is 0 Å². The Bertz CT molecular complexity index is 450. The Hall–Kier alpha value is -1.06. The number of benzene rings is 1. The van der Waals surface area contributed by atoms with Gasteiger partial charge < -0.3 is 15.4 Å². The molecule has 0 radical (unpaired) electrons. The maximum absolute atomic E-state index is 6.55. The predicted molar refractivity (Wildman–Crippen MR) is 72.8 cm³/mol. The molecule has 1 fully saturated rings. The molecule has 0 saturated carbocycles. The van der Waals surface area contributed by atoms with Gasteiger partial charge in [0.05, 0.1) is 7.11 Å². The van der Waals surface area contributed by atoms with Crippen molar-refractivity contribution in [3.63, 3.8) is 0 Å². The first-order valence-electron chi connectivity index (χ1n) is 6.76. The predicted octanol–water partition coefficient (Wildman–Crippen LogP) is 1.96. The number of methoxy groups -OCH3 is 1. The molecule has 3 rings (SSSR count). The van der Waals surface area contributed by atoms with E-state index in [9.17, 15) is 0 Å². The molecule has 1 saturated heterocycles. The van der Waals surface area contributed by atoms with Crippen molar-refractivity contribution in [1.29, 1.82) is 0 Å². The van der Waals surface area contributed by atoms with Crippen LogP contribution in [0.25, 0.3) is 0 Å². The fourth-order valence-electron chi connectivity index (χ4n) is 3.60. The second-order valence-corrected chi connectivity index (χ2v) is 5.85. The van der Waals surface area contributed by atoms with Crippen molar-refractivity contribution >= 4 is 0 Å². The Kier molecular flexibility index (Phi) is 2.83. The van der Waals surface area contributed by atoms with Crippen LogP contribution in [0.3, 0.4) is 0 Å². The quantitative estimate of drug-likeness (QED) is 0.823. The molecule has 0 bridgehead atoms. The fourth-order valence-corrected chi connectivity index (χ4v) is 3.60. The van der Waals surface area contributed by atoms with Crippen LogP contribution in [0.15, 0.2) is 18.2 Å². The van der Waals surface area contributed by atoms with E-state index in [4.69, 9.17) is 10.5 Å². The monoisotopic (exact) mass is 246 g/mol. The normalized spacial score (nSPS) is 26.3. The maximum atomic E-state index is 6.55. The summed E-state index contributed by atoms with van der Waals surface area (Å²) in [5.41, 5.74) is 9.47. The lowest BCUT2D eigenvalue weighted by Gasteiger charge is -2.41. The first-order chi connectivity index (χ1) is 8.66. The molecule has 1 unspecified atom stereocenters. The average Bonchev–Trinajstić information content (AvgIpc) is 2.67. The van der Waals surface area contributed by atoms with Gasteiger partial charge in [0.1, 0.15) is 5.75 Å². The smallest absolute Gasteiger partial charge is 0.122 e. The molecular weight excluding hydrogens is 224 g/mol. The van der Waals surface area contributed by atoms with Crippen LogP contribution in [0.5, 0.6) is 5.75 Å². The highest BCUT2D eigenvalue weighted by Crippen LogP contribution is 2.52. The first-order valence-corrected chi connectivity index (χ1v) is 6.76. The summed E-state index contributed by atoms with van der Waals surface area (Å²) in [4.78, 5) is 2.40. The molecule has 3 nitrogen and oxygen atoms in total. The van der Waals surface area contributed by atoms with E-state index < -0.39 is 0 Å². The second kappa shape index (κ2) is 4.25. The molecule has 1 aliphatic carbocycles. The van der Waals surface area contributed by atoms with Crippen LogP contribution >= 0.6 is 0 Å². The average molecular weight is 246 g/mol. The fraction of sp³-hybridized carbons (Fsp3) is 0.600. The van der Waals surface area contributed by atoms with Gasteiger partial charge in [-0.3, -0.25) is 0 Å². The molecule has 1 aliphatic heterocycles. The number of likely N-dealkylation sites (tertiary alicyclic amines) is 1. The highest BCUT2D eigenvalue weighted by atomic mass is 16.5. The third-order valence-corrected chi connectivity index (χ3v) is 4.90. The third kappa shape index (κ3) is 1.65. The van der Waals surface area contributed by atoms with Gasteiger partial charge in [-0.05, 0) is 62.0 Å². The van der Waals surface area contributed by atoms with Crippen molar-refractivity contribution in [3.05, 3.63) is 29.3 Å². The van der Waals surface area contributed by atoms with Gasteiger partial charge in [-0.25, -0.2) is 0 Å². The minimum Gasteiger partial charge on any atom is -0.496 e. The van der Waals surface area contributed by atoms with Crippen LogP contribution in [0.1, 0.15) is 30.0 Å². The van der Waals surface area contributed by atoms with Gasteiger partial charge in [0.2, 0.25) is 0 Å². The summed E-state index contributed by atoms with van der Waals surface area (Å²) in [6.07, 6.45) is 3.48. The molecule has 98 valence electrons. The van der Waals surface area contributed by atoms with E-state index in [2.05, 4.69) is 30.1 Å². The van der Waals surface area contributed by atoms with E-state index in [0.717, 1.165) is 25.3 Å². The van der Waals surface area contributed by atoms with Crippen LogP contribution in [-0.4, -0.2) is 32.1 Å². The zero-order valence-corrected chi connectivity index (χ0v) is 11.3. The van der Waals surface area contributed by atoms with Crippen LogP contribution in [-0.2, 0) is 6.42 Å². The number of fused-ring (bicyclic) bond motifs is 1. The van der Waals surface area contributed by atoms with Crippen LogP contribution in [0, 0.1) is 5.41 Å². The number of hydrogen-bond donors (Lipinski definition) is 1. The summed E-state index contributed by atoms with van der Waals surface area (Å²) >= 11 is 0. The second-order valence-electron chi connectivity index (χ2n) is 5.85. The highest BCUT2D eigenvalue weighted by Gasteiger charge is 2.46. The van der Waals surface area contributed by atoms with E-state index in [1.54, 1.807) is 7.11 Å². The number of nitrogens with two attached hydrogens (primary N) is 1. The molecule has 0 amide bonds. The lowest BCUT2D eigenvalue weighted by molar-refractivity contribution is 0.105. The standard InChI is InChI=1S/C15H22N2O/c1-17-8-6-15(7-9-17)10-12-11(14(15)16)4-3-5-13(12)18-2/h3-5,14H,6-10,16H2,1-2H3. The number of rotatable bonds is 1. The number of piperidine rings is 1. The minimum atomic E-state index is 0.177. The summed E-state index contributed by atoms with van der Waals surface area (Å²) in [5, 5.41) is 0. The molecule has 1 heterocycles. The molecule has 1 aromatic carbocycles. The largest absolute Gasteiger partial charge is 0.496 e. The first kappa shape index (κ1) is 12.0. The Morgan fingerprint density at radius 3 is 2.72 bits per heavy atom. The molecule has 0 aromatic heterocycles. The third-order valence-electron chi connectivity index (χ3n) is 4.90. The maximum Gasteiger partial charge on any atom is 0.122 e.